The van der Waals surface area contributed by atoms with Crippen LogP contribution in [0.1, 0.15) is 69.7 Å². The topological polar surface area (TPSA) is 58.8 Å². The van der Waals surface area contributed by atoms with Gasteiger partial charge >= 0.3 is 0 Å². The fraction of sp³-hybridized carbons (Fsp3) is 0.810. The molecule has 27 heavy (non-hydrogen) atoms. The molecule has 0 saturated carbocycles. The van der Waals surface area contributed by atoms with Gasteiger partial charge in [-0.25, -0.2) is 0 Å². The molecule has 0 aromatic carbocycles. The molecule has 3 fully saturated rings. The van der Waals surface area contributed by atoms with Crippen molar-refractivity contribution in [2.75, 3.05) is 32.8 Å². The molecule has 0 aliphatic carbocycles. The van der Waals surface area contributed by atoms with Gasteiger partial charge < -0.3 is 14.2 Å². The lowest BCUT2D eigenvalue weighted by Crippen LogP contribution is -2.52. The number of nitrogens with zero attached hydrogens (tertiary/aromatic N) is 3. The number of hydrogen-bond acceptors (Lipinski definition) is 5. The molecule has 1 aromatic rings. The fourth-order valence-corrected chi connectivity index (χ4v) is 4.79. The molecule has 1 amide bonds. The Hall–Kier alpha value is -1.40. The molecule has 6 nitrogen and oxygen atoms in total. The van der Waals surface area contributed by atoms with Crippen molar-refractivity contribution in [1.29, 1.82) is 0 Å². The van der Waals surface area contributed by atoms with E-state index in [1.54, 1.807) is 0 Å². The first-order valence-corrected chi connectivity index (χ1v) is 10.6. The van der Waals surface area contributed by atoms with E-state index in [9.17, 15) is 4.79 Å². The van der Waals surface area contributed by atoms with Crippen molar-refractivity contribution in [3.05, 3.63) is 17.5 Å². The predicted molar refractivity (Wildman–Crippen MR) is 102 cm³/mol. The van der Waals surface area contributed by atoms with Crippen LogP contribution in [0.3, 0.4) is 0 Å². The number of rotatable bonds is 5. The SMILES string of the molecule is CC(C)c1cc(CN2CCC3(CCC(=O)N(C[C@@H]4CCCO4)C3)CC2)on1. The molecule has 4 rings (SSSR count). The molecule has 0 bridgehead atoms. The highest BCUT2D eigenvalue weighted by atomic mass is 16.5. The van der Waals surface area contributed by atoms with Gasteiger partial charge in [-0.1, -0.05) is 19.0 Å². The highest BCUT2D eigenvalue weighted by Crippen LogP contribution is 2.40. The maximum absolute atomic E-state index is 12.4. The summed E-state index contributed by atoms with van der Waals surface area (Å²) in [5.74, 6) is 1.69. The quantitative estimate of drug-likeness (QED) is 0.791. The van der Waals surface area contributed by atoms with E-state index in [0.717, 1.165) is 82.9 Å². The van der Waals surface area contributed by atoms with Gasteiger partial charge in [0.25, 0.3) is 0 Å². The number of carbonyl (C=O) groups excluding carboxylic acids is 1. The Bertz CT molecular complexity index is 643. The Morgan fingerprint density at radius 1 is 1.30 bits per heavy atom. The zero-order valence-electron chi connectivity index (χ0n) is 16.8. The van der Waals surface area contributed by atoms with Crippen molar-refractivity contribution in [2.24, 2.45) is 5.41 Å². The molecule has 3 saturated heterocycles. The standard InChI is InChI=1S/C21H33N3O3/c1-16(2)19-12-18(27-22-19)13-23-9-7-21(8-10-23)6-5-20(25)24(15-21)14-17-4-3-11-26-17/h12,16-17H,3-11,13-15H2,1-2H3/t17-/m0/s1. The molecule has 150 valence electrons. The molecule has 1 aromatic heterocycles. The summed E-state index contributed by atoms with van der Waals surface area (Å²) in [4.78, 5) is 17.0. The number of piperidine rings is 2. The van der Waals surface area contributed by atoms with Gasteiger partial charge in [0, 0.05) is 32.2 Å². The van der Waals surface area contributed by atoms with Crippen LogP contribution < -0.4 is 0 Å². The summed E-state index contributed by atoms with van der Waals surface area (Å²) in [6.07, 6.45) is 6.55. The Labute approximate surface area is 162 Å². The van der Waals surface area contributed by atoms with E-state index in [2.05, 4.69) is 34.9 Å². The van der Waals surface area contributed by atoms with Crippen LogP contribution in [-0.4, -0.2) is 59.8 Å². The first kappa shape index (κ1) is 18.9. The molecule has 0 radical (unpaired) electrons. The minimum absolute atomic E-state index is 0.255. The van der Waals surface area contributed by atoms with Crippen molar-refractivity contribution >= 4 is 5.91 Å². The predicted octanol–water partition coefficient (Wildman–Crippen LogP) is 3.18. The van der Waals surface area contributed by atoms with Gasteiger partial charge in [-0.2, -0.15) is 0 Å². The Kier molecular flexibility index (Phi) is 5.55. The van der Waals surface area contributed by atoms with Crippen LogP contribution in [0, 0.1) is 5.41 Å². The fourth-order valence-electron chi connectivity index (χ4n) is 4.79. The molecule has 6 heteroatoms. The Morgan fingerprint density at radius 2 is 2.11 bits per heavy atom. The van der Waals surface area contributed by atoms with Crippen LogP contribution in [0.2, 0.25) is 0 Å². The van der Waals surface area contributed by atoms with Gasteiger partial charge in [-0.3, -0.25) is 9.69 Å². The normalized spacial score (nSPS) is 26.4. The van der Waals surface area contributed by atoms with Gasteiger partial charge in [0.05, 0.1) is 18.3 Å². The van der Waals surface area contributed by atoms with E-state index < -0.39 is 0 Å². The van der Waals surface area contributed by atoms with E-state index in [4.69, 9.17) is 9.26 Å². The van der Waals surface area contributed by atoms with Crippen molar-refractivity contribution in [2.45, 2.75) is 70.9 Å². The molecule has 0 N–H and O–H groups in total. The lowest BCUT2D eigenvalue weighted by molar-refractivity contribution is -0.141. The Balaban J connectivity index is 1.31. The second-order valence-corrected chi connectivity index (χ2v) is 9.06. The second kappa shape index (κ2) is 7.92. The van der Waals surface area contributed by atoms with Crippen molar-refractivity contribution in [3.8, 4) is 0 Å². The summed E-state index contributed by atoms with van der Waals surface area (Å²) >= 11 is 0. The highest BCUT2D eigenvalue weighted by molar-refractivity contribution is 5.77. The lowest BCUT2D eigenvalue weighted by Gasteiger charge is -2.47. The van der Waals surface area contributed by atoms with Crippen LogP contribution in [-0.2, 0) is 16.1 Å². The monoisotopic (exact) mass is 375 g/mol. The van der Waals surface area contributed by atoms with Gasteiger partial charge in [-0.15, -0.1) is 0 Å². The van der Waals surface area contributed by atoms with E-state index in [1.807, 2.05) is 0 Å². The number of ether oxygens (including phenoxy) is 1. The van der Waals surface area contributed by atoms with Gasteiger partial charge in [0.1, 0.15) is 0 Å². The average molecular weight is 376 g/mol. The summed E-state index contributed by atoms with van der Waals surface area (Å²) in [6, 6.07) is 2.09. The summed E-state index contributed by atoms with van der Waals surface area (Å²) < 4.78 is 11.3. The maximum Gasteiger partial charge on any atom is 0.222 e. The summed E-state index contributed by atoms with van der Waals surface area (Å²) in [6.45, 7) is 9.82. The van der Waals surface area contributed by atoms with Crippen LogP contribution in [0.25, 0.3) is 0 Å². The van der Waals surface area contributed by atoms with E-state index in [0.29, 0.717) is 23.7 Å². The van der Waals surface area contributed by atoms with E-state index in [1.165, 1.54) is 0 Å². The number of hydrogen-bond donors (Lipinski definition) is 0. The number of amides is 1. The zero-order valence-corrected chi connectivity index (χ0v) is 16.8. The summed E-state index contributed by atoms with van der Waals surface area (Å²) in [5, 5.41) is 4.17. The van der Waals surface area contributed by atoms with Crippen molar-refractivity contribution in [3.63, 3.8) is 0 Å². The average Bonchev–Trinajstić information content (AvgIpc) is 3.33. The number of carbonyl (C=O) groups is 1. The third-order valence-electron chi connectivity index (χ3n) is 6.66. The van der Waals surface area contributed by atoms with Crippen molar-refractivity contribution in [1.82, 2.24) is 15.0 Å². The van der Waals surface area contributed by atoms with E-state index in [-0.39, 0.29) is 6.10 Å². The van der Waals surface area contributed by atoms with Gasteiger partial charge in [0.15, 0.2) is 5.76 Å². The van der Waals surface area contributed by atoms with Crippen LogP contribution in [0.5, 0.6) is 0 Å². The molecule has 3 aliphatic rings. The molecule has 0 unspecified atom stereocenters. The largest absolute Gasteiger partial charge is 0.376 e. The van der Waals surface area contributed by atoms with Gasteiger partial charge in [-0.05, 0) is 56.5 Å². The molecular formula is C21H33N3O3. The number of likely N-dealkylation sites (tertiary alicyclic amines) is 2. The maximum atomic E-state index is 12.4. The van der Waals surface area contributed by atoms with Crippen LogP contribution in [0.4, 0.5) is 0 Å². The minimum atomic E-state index is 0.255. The molecular weight excluding hydrogens is 342 g/mol. The smallest absolute Gasteiger partial charge is 0.222 e. The first-order valence-electron chi connectivity index (χ1n) is 10.6. The summed E-state index contributed by atoms with van der Waals surface area (Å²) in [5.41, 5.74) is 1.34. The van der Waals surface area contributed by atoms with Crippen LogP contribution in [0.15, 0.2) is 10.6 Å². The van der Waals surface area contributed by atoms with Gasteiger partial charge in [0.2, 0.25) is 5.91 Å². The van der Waals surface area contributed by atoms with Crippen molar-refractivity contribution < 1.29 is 14.1 Å². The lowest BCUT2D eigenvalue weighted by atomic mass is 9.72. The first-order chi connectivity index (χ1) is 13.0. The van der Waals surface area contributed by atoms with E-state index >= 15 is 0 Å². The zero-order chi connectivity index (χ0) is 18.9. The molecule has 4 heterocycles. The minimum Gasteiger partial charge on any atom is -0.376 e. The second-order valence-electron chi connectivity index (χ2n) is 9.06. The molecule has 1 atom stereocenters. The van der Waals surface area contributed by atoms with Crippen LogP contribution >= 0.6 is 0 Å². The third-order valence-corrected chi connectivity index (χ3v) is 6.66. The molecule has 3 aliphatic heterocycles. The third kappa shape index (κ3) is 4.37. The molecule has 1 spiro atoms. The number of aromatic nitrogens is 1. The highest BCUT2D eigenvalue weighted by Gasteiger charge is 2.41. The Morgan fingerprint density at radius 3 is 2.78 bits per heavy atom. The summed E-state index contributed by atoms with van der Waals surface area (Å²) in [7, 11) is 0.